The molecular formula is C15H13F2N5OS. The molecule has 124 valence electrons. The Morgan fingerprint density at radius 2 is 1.96 bits per heavy atom. The van der Waals surface area contributed by atoms with E-state index in [-0.39, 0.29) is 40.9 Å². The van der Waals surface area contributed by atoms with E-state index in [4.69, 9.17) is 22.2 Å². The van der Waals surface area contributed by atoms with Crippen LogP contribution in [0.2, 0.25) is 0 Å². The number of hydrogen-bond donors (Lipinski definition) is 2. The van der Waals surface area contributed by atoms with E-state index in [1.165, 1.54) is 19.5 Å². The van der Waals surface area contributed by atoms with Crippen molar-refractivity contribution in [1.82, 2.24) is 15.3 Å². The average molecular weight is 349 g/mol. The molecule has 0 aliphatic rings. The molecule has 1 heterocycles. The van der Waals surface area contributed by atoms with Crippen molar-refractivity contribution in [2.24, 2.45) is 0 Å². The van der Waals surface area contributed by atoms with Gasteiger partial charge in [-0.3, -0.25) is 0 Å². The Kier molecular flexibility index (Phi) is 5.92. The third-order valence-electron chi connectivity index (χ3n) is 3.05. The maximum atomic E-state index is 13.8. The molecule has 2 aromatic rings. The molecule has 1 aromatic carbocycles. The van der Waals surface area contributed by atoms with Crippen LogP contribution in [0.15, 0.2) is 24.5 Å². The van der Waals surface area contributed by atoms with Gasteiger partial charge in [0.1, 0.15) is 23.5 Å². The number of nitrogens with zero attached hydrogens (tertiary/aromatic N) is 3. The molecule has 0 radical (unpaired) electrons. The molecule has 9 heteroatoms. The smallest absolute Gasteiger partial charge is 0.183 e. The number of methoxy groups -OCH3 is 1. The van der Waals surface area contributed by atoms with Crippen molar-refractivity contribution >= 4 is 23.1 Å². The van der Waals surface area contributed by atoms with Gasteiger partial charge in [-0.05, 0) is 18.6 Å². The zero-order chi connectivity index (χ0) is 17.5. The predicted octanol–water partition coefficient (Wildman–Crippen LogP) is 2.16. The summed E-state index contributed by atoms with van der Waals surface area (Å²) in [6.45, 7) is 0.189. The van der Waals surface area contributed by atoms with Gasteiger partial charge >= 0.3 is 0 Å². The largest absolute Gasteiger partial charge is 0.497 e. The summed E-state index contributed by atoms with van der Waals surface area (Å²) in [5, 5.41) is 14.6. The SMILES string of the molecule is COc1cc(F)c(CCNC(=S)Nc2nccnc2C#N)c(F)c1. The van der Waals surface area contributed by atoms with E-state index >= 15 is 0 Å². The lowest BCUT2D eigenvalue weighted by atomic mass is 10.1. The Morgan fingerprint density at radius 1 is 1.29 bits per heavy atom. The van der Waals surface area contributed by atoms with E-state index in [9.17, 15) is 8.78 Å². The van der Waals surface area contributed by atoms with Crippen molar-refractivity contribution in [2.45, 2.75) is 6.42 Å². The number of ether oxygens (including phenoxy) is 1. The van der Waals surface area contributed by atoms with Crippen LogP contribution >= 0.6 is 12.2 Å². The lowest BCUT2D eigenvalue weighted by Crippen LogP contribution is -2.31. The zero-order valence-electron chi connectivity index (χ0n) is 12.6. The first kappa shape index (κ1) is 17.5. The average Bonchev–Trinajstić information content (AvgIpc) is 2.57. The van der Waals surface area contributed by atoms with Gasteiger partial charge in [0.15, 0.2) is 16.6 Å². The maximum absolute atomic E-state index is 13.8. The molecule has 0 amide bonds. The van der Waals surface area contributed by atoms with Crippen molar-refractivity contribution in [3.05, 3.63) is 47.4 Å². The summed E-state index contributed by atoms with van der Waals surface area (Å²) in [7, 11) is 1.33. The summed E-state index contributed by atoms with van der Waals surface area (Å²) in [5.74, 6) is -1.05. The highest BCUT2D eigenvalue weighted by Gasteiger charge is 2.12. The Labute approximate surface area is 142 Å². The Hall–Kier alpha value is -2.86. The van der Waals surface area contributed by atoms with Gasteiger partial charge in [0, 0.05) is 36.6 Å². The number of benzene rings is 1. The Balaban J connectivity index is 1.93. The fourth-order valence-corrected chi connectivity index (χ4v) is 2.10. The molecule has 0 aliphatic carbocycles. The minimum atomic E-state index is -0.687. The molecule has 2 rings (SSSR count). The van der Waals surface area contributed by atoms with Crippen LogP contribution in [0.3, 0.4) is 0 Å². The zero-order valence-corrected chi connectivity index (χ0v) is 13.5. The van der Waals surface area contributed by atoms with Crippen LogP contribution in [0.5, 0.6) is 5.75 Å². The third kappa shape index (κ3) is 4.33. The quantitative estimate of drug-likeness (QED) is 0.801. The number of anilines is 1. The second kappa shape index (κ2) is 8.12. The van der Waals surface area contributed by atoms with Gasteiger partial charge in [-0.1, -0.05) is 0 Å². The number of aromatic nitrogens is 2. The maximum Gasteiger partial charge on any atom is 0.183 e. The molecule has 0 fully saturated rings. The van der Waals surface area contributed by atoms with Gasteiger partial charge in [0.25, 0.3) is 0 Å². The van der Waals surface area contributed by atoms with Crippen molar-refractivity contribution < 1.29 is 13.5 Å². The summed E-state index contributed by atoms with van der Waals surface area (Å²) in [4.78, 5) is 7.78. The summed E-state index contributed by atoms with van der Waals surface area (Å²) < 4.78 is 32.4. The summed E-state index contributed by atoms with van der Waals surface area (Å²) >= 11 is 5.06. The van der Waals surface area contributed by atoms with Crippen molar-refractivity contribution in [3.63, 3.8) is 0 Å². The van der Waals surface area contributed by atoms with E-state index in [0.717, 1.165) is 12.1 Å². The fraction of sp³-hybridized carbons (Fsp3) is 0.200. The standard InChI is InChI=1S/C15H13F2N5OS/c1-23-9-6-11(16)10(12(17)7-9)2-3-21-15(24)22-14-13(8-18)19-4-5-20-14/h4-7H,2-3H2,1H3,(H2,20,21,22,24). The molecule has 0 saturated heterocycles. The molecule has 6 nitrogen and oxygen atoms in total. The van der Waals surface area contributed by atoms with Crippen molar-refractivity contribution in [2.75, 3.05) is 19.0 Å². The molecule has 0 bridgehead atoms. The molecule has 0 saturated carbocycles. The van der Waals surface area contributed by atoms with Crippen LogP contribution < -0.4 is 15.4 Å². The molecule has 1 aromatic heterocycles. The number of halogens is 2. The van der Waals surface area contributed by atoms with Gasteiger partial charge < -0.3 is 15.4 Å². The van der Waals surface area contributed by atoms with Crippen LogP contribution in [-0.2, 0) is 6.42 Å². The third-order valence-corrected chi connectivity index (χ3v) is 3.29. The highest BCUT2D eigenvalue weighted by molar-refractivity contribution is 7.80. The van der Waals surface area contributed by atoms with E-state index in [2.05, 4.69) is 20.6 Å². The molecule has 0 aliphatic heterocycles. The molecule has 0 spiro atoms. The van der Waals surface area contributed by atoms with E-state index in [0.29, 0.717) is 0 Å². The predicted molar refractivity (Wildman–Crippen MR) is 87.6 cm³/mol. The monoisotopic (exact) mass is 349 g/mol. The highest BCUT2D eigenvalue weighted by Crippen LogP contribution is 2.20. The van der Waals surface area contributed by atoms with Gasteiger partial charge in [0.2, 0.25) is 0 Å². The number of thiocarbonyl (C=S) groups is 1. The van der Waals surface area contributed by atoms with Gasteiger partial charge in [-0.2, -0.15) is 5.26 Å². The number of rotatable bonds is 5. The molecule has 2 N–H and O–H groups in total. The van der Waals surface area contributed by atoms with Gasteiger partial charge in [-0.15, -0.1) is 0 Å². The molecule has 0 unspecified atom stereocenters. The minimum Gasteiger partial charge on any atom is -0.497 e. The Bertz CT molecular complexity index is 771. The molecule has 0 atom stereocenters. The highest BCUT2D eigenvalue weighted by atomic mass is 32.1. The topological polar surface area (TPSA) is 82.9 Å². The normalized spacial score (nSPS) is 9.92. The summed E-state index contributed by atoms with van der Waals surface area (Å²) in [6.07, 6.45) is 2.87. The minimum absolute atomic E-state index is 0.0664. The lowest BCUT2D eigenvalue weighted by molar-refractivity contribution is 0.405. The van der Waals surface area contributed by atoms with Gasteiger partial charge in [-0.25, -0.2) is 18.7 Å². The first-order valence-electron chi connectivity index (χ1n) is 6.83. The first-order chi connectivity index (χ1) is 11.5. The Morgan fingerprint density at radius 3 is 2.58 bits per heavy atom. The molecular weight excluding hydrogens is 336 g/mol. The second-order valence-electron chi connectivity index (χ2n) is 4.57. The number of nitriles is 1. The molecule has 24 heavy (non-hydrogen) atoms. The van der Waals surface area contributed by atoms with E-state index in [1.54, 1.807) is 0 Å². The van der Waals surface area contributed by atoms with E-state index < -0.39 is 11.6 Å². The van der Waals surface area contributed by atoms with Gasteiger partial charge in [0.05, 0.1) is 7.11 Å². The van der Waals surface area contributed by atoms with Crippen LogP contribution in [0.4, 0.5) is 14.6 Å². The number of hydrogen-bond acceptors (Lipinski definition) is 5. The first-order valence-corrected chi connectivity index (χ1v) is 7.24. The summed E-state index contributed by atoms with van der Waals surface area (Å²) in [6, 6.07) is 4.11. The number of nitrogens with one attached hydrogen (secondary N) is 2. The van der Waals surface area contributed by atoms with Crippen LogP contribution in [0, 0.1) is 23.0 Å². The van der Waals surface area contributed by atoms with Crippen molar-refractivity contribution in [1.29, 1.82) is 5.26 Å². The van der Waals surface area contributed by atoms with Crippen LogP contribution in [0.25, 0.3) is 0 Å². The van der Waals surface area contributed by atoms with Crippen LogP contribution in [0.1, 0.15) is 11.3 Å². The second-order valence-corrected chi connectivity index (χ2v) is 4.97. The van der Waals surface area contributed by atoms with Crippen molar-refractivity contribution in [3.8, 4) is 11.8 Å². The lowest BCUT2D eigenvalue weighted by Gasteiger charge is -2.11. The van der Waals surface area contributed by atoms with Crippen LogP contribution in [-0.4, -0.2) is 28.7 Å². The fourth-order valence-electron chi connectivity index (χ4n) is 1.90. The summed E-state index contributed by atoms with van der Waals surface area (Å²) in [5.41, 5.74) is 0.0252. The van der Waals surface area contributed by atoms with E-state index in [1.807, 2.05) is 6.07 Å².